The highest BCUT2D eigenvalue weighted by Gasteiger charge is 2.67. The Bertz CT molecular complexity index is 1780. The first-order chi connectivity index (χ1) is 21.2. The van der Waals surface area contributed by atoms with E-state index < -0.39 is 38.9 Å². The fraction of sp³-hybridized carbons (Fsp3) is 0.273. The Balaban J connectivity index is 1.51. The standard InChI is InChI=1S/C33H32N4O6S/c1-2-18-36-27-12-6-5-11-26(27)33(32(36)41)28(30(39)31(40)37(33)22-23-10-9-17-34-21-23)29(38)24-13-15-25(16-14-24)44(42,43)35-19-7-3-4-8-20-35/h2,5-6,9-17,21,38H,1,3-4,7-8,18-20,22H2/b29-28+. The summed E-state index contributed by atoms with van der Waals surface area (Å²) in [5.74, 6) is -3.11. The van der Waals surface area contributed by atoms with Crippen LogP contribution in [0.1, 0.15) is 42.4 Å². The molecule has 0 aliphatic carbocycles. The van der Waals surface area contributed by atoms with Crippen LogP contribution in [0.25, 0.3) is 5.76 Å². The fourth-order valence-corrected chi connectivity index (χ4v) is 7.95. The van der Waals surface area contributed by atoms with Crippen molar-refractivity contribution in [2.75, 3.05) is 24.5 Å². The van der Waals surface area contributed by atoms with E-state index in [4.69, 9.17) is 0 Å². The minimum absolute atomic E-state index is 0.0575. The quantitative estimate of drug-likeness (QED) is 0.185. The Morgan fingerprint density at radius 1 is 0.955 bits per heavy atom. The molecule has 2 aromatic carbocycles. The second kappa shape index (κ2) is 11.5. The maximum Gasteiger partial charge on any atom is 0.296 e. The summed E-state index contributed by atoms with van der Waals surface area (Å²) in [6.45, 7) is 4.63. The number of sulfonamides is 1. The molecule has 2 saturated heterocycles. The molecular weight excluding hydrogens is 580 g/mol. The maximum atomic E-state index is 14.5. The van der Waals surface area contributed by atoms with Gasteiger partial charge in [-0.3, -0.25) is 19.4 Å². The average molecular weight is 613 g/mol. The second-order valence-electron chi connectivity index (χ2n) is 11.1. The smallest absolute Gasteiger partial charge is 0.296 e. The number of hydrogen-bond donors (Lipinski definition) is 1. The number of pyridine rings is 1. The van der Waals surface area contributed by atoms with E-state index in [-0.39, 0.29) is 29.1 Å². The minimum atomic E-state index is -3.76. The molecule has 44 heavy (non-hydrogen) atoms. The van der Waals surface area contributed by atoms with Crippen molar-refractivity contribution >= 4 is 39.1 Å². The first-order valence-electron chi connectivity index (χ1n) is 14.5. The number of aliphatic hydroxyl groups excluding tert-OH is 1. The summed E-state index contributed by atoms with van der Waals surface area (Å²) in [7, 11) is -3.76. The molecule has 3 aromatic rings. The van der Waals surface area contributed by atoms with Gasteiger partial charge in [-0.25, -0.2) is 8.42 Å². The van der Waals surface area contributed by atoms with Gasteiger partial charge in [0.25, 0.3) is 17.6 Å². The highest BCUT2D eigenvalue weighted by Crippen LogP contribution is 2.54. The Hall–Kier alpha value is -4.61. The molecule has 2 amide bonds. The van der Waals surface area contributed by atoms with Gasteiger partial charge in [0.15, 0.2) is 5.54 Å². The van der Waals surface area contributed by atoms with E-state index in [1.54, 1.807) is 54.9 Å². The van der Waals surface area contributed by atoms with E-state index in [0.29, 0.717) is 29.9 Å². The molecule has 0 radical (unpaired) electrons. The molecule has 1 aromatic heterocycles. The van der Waals surface area contributed by atoms with Crippen LogP contribution in [0.2, 0.25) is 0 Å². The molecule has 1 spiro atoms. The van der Waals surface area contributed by atoms with Crippen molar-refractivity contribution in [3.8, 4) is 0 Å². The molecule has 10 nitrogen and oxygen atoms in total. The fourth-order valence-electron chi connectivity index (χ4n) is 6.43. The molecule has 226 valence electrons. The highest BCUT2D eigenvalue weighted by atomic mass is 32.2. The molecule has 11 heteroatoms. The van der Waals surface area contributed by atoms with Gasteiger partial charge in [0, 0.05) is 49.7 Å². The number of amides is 2. The zero-order chi connectivity index (χ0) is 31.1. The number of aliphatic hydroxyl groups is 1. The van der Waals surface area contributed by atoms with E-state index in [1.165, 1.54) is 38.4 Å². The minimum Gasteiger partial charge on any atom is -0.507 e. The van der Waals surface area contributed by atoms with Crippen molar-refractivity contribution in [2.45, 2.75) is 42.7 Å². The van der Waals surface area contributed by atoms with Gasteiger partial charge < -0.3 is 14.9 Å². The lowest BCUT2D eigenvalue weighted by atomic mass is 9.81. The first kappa shape index (κ1) is 29.5. The molecule has 2 fully saturated rings. The van der Waals surface area contributed by atoms with Gasteiger partial charge in [0.1, 0.15) is 5.76 Å². The van der Waals surface area contributed by atoms with Crippen LogP contribution >= 0.6 is 0 Å². The molecule has 6 rings (SSSR count). The Morgan fingerprint density at radius 2 is 1.66 bits per heavy atom. The number of carbonyl (C=O) groups is 3. The molecular formula is C33H32N4O6S. The molecule has 3 aliphatic heterocycles. The summed E-state index contributed by atoms with van der Waals surface area (Å²) < 4.78 is 28.2. The van der Waals surface area contributed by atoms with Gasteiger partial charge in [-0.15, -0.1) is 6.58 Å². The molecule has 1 N–H and O–H groups in total. The number of anilines is 1. The normalized spacial score (nSPS) is 22.0. The van der Waals surface area contributed by atoms with Crippen LogP contribution in [0.3, 0.4) is 0 Å². The van der Waals surface area contributed by atoms with Crippen LogP contribution < -0.4 is 4.90 Å². The van der Waals surface area contributed by atoms with Gasteiger partial charge >= 0.3 is 0 Å². The van der Waals surface area contributed by atoms with E-state index in [1.807, 2.05) is 0 Å². The van der Waals surface area contributed by atoms with Gasteiger partial charge in [-0.05, 0) is 54.8 Å². The number of fused-ring (bicyclic) bond motifs is 2. The highest BCUT2D eigenvalue weighted by molar-refractivity contribution is 7.89. The summed E-state index contributed by atoms with van der Waals surface area (Å²) in [6.07, 6.45) is 8.20. The Morgan fingerprint density at radius 3 is 2.32 bits per heavy atom. The van der Waals surface area contributed by atoms with Crippen molar-refractivity contribution in [3.05, 3.63) is 108 Å². The number of rotatable bonds is 7. The summed E-state index contributed by atoms with van der Waals surface area (Å²) in [6, 6.07) is 15.8. The molecule has 1 atom stereocenters. The van der Waals surface area contributed by atoms with E-state index in [0.717, 1.165) is 25.7 Å². The lowest BCUT2D eigenvalue weighted by Gasteiger charge is -2.34. The number of carbonyl (C=O) groups excluding carboxylic acids is 3. The lowest BCUT2D eigenvalue weighted by Crippen LogP contribution is -2.51. The number of nitrogens with zero attached hydrogens (tertiary/aromatic N) is 4. The molecule has 1 unspecified atom stereocenters. The van der Waals surface area contributed by atoms with Crippen molar-refractivity contribution in [1.82, 2.24) is 14.2 Å². The van der Waals surface area contributed by atoms with Gasteiger partial charge in [-0.2, -0.15) is 4.31 Å². The van der Waals surface area contributed by atoms with E-state index >= 15 is 0 Å². The van der Waals surface area contributed by atoms with Crippen molar-refractivity contribution in [2.24, 2.45) is 0 Å². The third-order valence-corrected chi connectivity index (χ3v) is 10.4. The molecule has 3 aliphatic rings. The van der Waals surface area contributed by atoms with Crippen LogP contribution in [-0.4, -0.2) is 64.9 Å². The number of hydrogen-bond acceptors (Lipinski definition) is 7. The van der Waals surface area contributed by atoms with Crippen LogP contribution in [0.15, 0.2) is 96.2 Å². The predicted octanol–water partition coefficient (Wildman–Crippen LogP) is 3.96. The van der Waals surface area contributed by atoms with Gasteiger partial charge in [0.05, 0.1) is 16.2 Å². The van der Waals surface area contributed by atoms with Crippen LogP contribution in [0.5, 0.6) is 0 Å². The number of benzene rings is 2. The number of ketones is 1. The SMILES string of the molecule is C=CCN1C(=O)C2(/C(=C(/O)c3ccc(S(=O)(=O)N4CCCCCC4)cc3)C(=O)C(=O)N2Cc2cccnc2)c2ccccc21. The molecule has 0 bridgehead atoms. The summed E-state index contributed by atoms with van der Waals surface area (Å²) in [5, 5.41) is 11.8. The largest absolute Gasteiger partial charge is 0.507 e. The zero-order valence-electron chi connectivity index (χ0n) is 24.1. The topological polar surface area (TPSA) is 128 Å². The summed E-state index contributed by atoms with van der Waals surface area (Å²) >= 11 is 0. The third-order valence-electron chi connectivity index (χ3n) is 8.51. The first-order valence-corrected chi connectivity index (χ1v) is 16.0. The van der Waals surface area contributed by atoms with Crippen molar-refractivity contribution in [1.29, 1.82) is 0 Å². The number of likely N-dealkylation sites (tertiary alicyclic amines) is 1. The number of para-hydroxylation sites is 1. The molecule has 0 saturated carbocycles. The van der Waals surface area contributed by atoms with Crippen LogP contribution in [-0.2, 0) is 36.5 Å². The van der Waals surface area contributed by atoms with E-state index in [2.05, 4.69) is 11.6 Å². The summed E-state index contributed by atoms with van der Waals surface area (Å²) in [5.41, 5.74) is -0.796. The Kier molecular flexibility index (Phi) is 7.68. The maximum absolute atomic E-state index is 14.5. The van der Waals surface area contributed by atoms with Crippen LogP contribution in [0.4, 0.5) is 5.69 Å². The average Bonchev–Trinajstić information content (AvgIpc) is 3.25. The summed E-state index contributed by atoms with van der Waals surface area (Å²) in [4.78, 5) is 48.9. The predicted molar refractivity (Wildman–Crippen MR) is 164 cm³/mol. The Labute approximate surface area is 256 Å². The zero-order valence-corrected chi connectivity index (χ0v) is 24.9. The molecule has 4 heterocycles. The van der Waals surface area contributed by atoms with Crippen LogP contribution in [0, 0.1) is 0 Å². The van der Waals surface area contributed by atoms with Crippen molar-refractivity contribution < 1.29 is 27.9 Å². The van der Waals surface area contributed by atoms with Gasteiger partial charge in [0.2, 0.25) is 10.0 Å². The third kappa shape index (κ3) is 4.54. The second-order valence-corrected chi connectivity index (χ2v) is 13.0. The monoisotopic (exact) mass is 612 g/mol. The number of aromatic nitrogens is 1. The lowest BCUT2D eigenvalue weighted by molar-refractivity contribution is -0.144. The van der Waals surface area contributed by atoms with E-state index in [9.17, 15) is 27.9 Å². The number of Topliss-reactive ketones (excluding diaryl/α,β-unsaturated/α-hetero) is 1. The van der Waals surface area contributed by atoms with Crippen molar-refractivity contribution in [3.63, 3.8) is 0 Å². The van der Waals surface area contributed by atoms with Gasteiger partial charge in [-0.1, -0.05) is 43.2 Å².